The van der Waals surface area contributed by atoms with Crippen LogP contribution in [0.5, 0.6) is 0 Å². The molecule has 4 heteroatoms. The molecule has 0 spiro atoms. The summed E-state index contributed by atoms with van der Waals surface area (Å²) in [6.45, 7) is 4.43. The van der Waals surface area contributed by atoms with Crippen LogP contribution in [0.25, 0.3) is 11.3 Å². The van der Waals surface area contributed by atoms with E-state index in [2.05, 4.69) is 23.8 Å². The zero-order valence-electron chi connectivity index (χ0n) is 18.8. The minimum Gasteiger partial charge on any atom is -0.545 e. The fraction of sp³-hybridized carbons (Fsp3) is 0.577. The van der Waals surface area contributed by atoms with E-state index in [4.69, 9.17) is 0 Å². The Kier molecular flexibility index (Phi) is 11.1. The van der Waals surface area contributed by atoms with Gasteiger partial charge < -0.3 is 9.90 Å². The molecule has 2 rings (SSSR count). The van der Waals surface area contributed by atoms with Crippen molar-refractivity contribution in [3.05, 3.63) is 47.4 Å². The number of aromatic nitrogens is 2. The highest BCUT2D eigenvalue weighted by Crippen LogP contribution is 2.22. The molecule has 0 radical (unpaired) electrons. The molecular weight excluding hydrogens is 372 g/mol. The lowest BCUT2D eigenvalue weighted by Gasteiger charge is -2.13. The molecule has 0 bridgehead atoms. The van der Waals surface area contributed by atoms with Gasteiger partial charge in [-0.15, -0.1) is 0 Å². The van der Waals surface area contributed by atoms with Crippen molar-refractivity contribution in [3.8, 4) is 11.3 Å². The number of unbranched alkanes of at least 4 members (excludes halogenated alkanes) is 9. The van der Waals surface area contributed by atoms with Gasteiger partial charge in [-0.1, -0.05) is 83.8 Å². The first-order valence-corrected chi connectivity index (χ1v) is 11.8. The van der Waals surface area contributed by atoms with Gasteiger partial charge in [-0.25, -0.2) is 0 Å². The second-order valence-corrected chi connectivity index (χ2v) is 8.23. The summed E-state index contributed by atoms with van der Waals surface area (Å²) in [5, 5.41) is 11.5. The van der Waals surface area contributed by atoms with Crippen molar-refractivity contribution in [3.63, 3.8) is 0 Å². The Morgan fingerprint density at radius 1 is 0.800 bits per heavy atom. The van der Waals surface area contributed by atoms with E-state index in [0.29, 0.717) is 5.56 Å². The van der Waals surface area contributed by atoms with Crippen LogP contribution < -0.4 is 5.11 Å². The molecule has 4 nitrogen and oxygen atoms in total. The maximum atomic E-state index is 11.5. The Hall–Kier alpha value is -2.23. The Labute approximate surface area is 182 Å². The summed E-state index contributed by atoms with van der Waals surface area (Å²) in [4.78, 5) is 20.7. The number of rotatable bonds is 15. The third-order valence-electron chi connectivity index (χ3n) is 5.66. The molecule has 0 aliphatic carbocycles. The van der Waals surface area contributed by atoms with Crippen LogP contribution in [-0.2, 0) is 12.8 Å². The van der Waals surface area contributed by atoms with Crippen LogP contribution in [0.1, 0.15) is 106 Å². The third kappa shape index (κ3) is 8.25. The van der Waals surface area contributed by atoms with E-state index < -0.39 is 5.97 Å². The number of carboxylic acids is 1. The summed E-state index contributed by atoms with van der Waals surface area (Å²) in [7, 11) is 0. The summed E-state index contributed by atoms with van der Waals surface area (Å²) < 4.78 is 0. The zero-order chi connectivity index (χ0) is 21.6. The highest BCUT2D eigenvalue weighted by Gasteiger charge is 2.08. The zero-order valence-corrected chi connectivity index (χ0v) is 18.8. The van der Waals surface area contributed by atoms with Gasteiger partial charge in [0.2, 0.25) is 0 Å². The average Bonchev–Trinajstić information content (AvgIpc) is 2.76. The topological polar surface area (TPSA) is 65.9 Å². The molecule has 2 aromatic rings. The van der Waals surface area contributed by atoms with Gasteiger partial charge in [0, 0.05) is 17.3 Å². The Morgan fingerprint density at radius 2 is 1.43 bits per heavy atom. The second kappa shape index (κ2) is 13.9. The maximum Gasteiger partial charge on any atom is 0.0885 e. The van der Waals surface area contributed by atoms with Crippen molar-refractivity contribution >= 4 is 5.97 Å². The fourth-order valence-electron chi connectivity index (χ4n) is 3.80. The summed E-state index contributed by atoms with van der Waals surface area (Å²) in [5.41, 5.74) is 3.87. The third-order valence-corrected chi connectivity index (χ3v) is 5.66. The predicted octanol–water partition coefficient (Wildman–Crippen LogP) is 5.92. The lowest BCUT2D eigenvalue weighted by Crippen LogP contribution is -2.23. The first kappa shape index (κ1) is 24.0. The smallest absolute Gasteiger partial charge is 0.0885 e. The van der Waals surface area contributed by atoms with E-state index in [9.17, 15) is 9.90 Å². The molecule has 0 aliphatic heterocycles. The number of aromatic carboxylic acids is 1. The summed E-state index contributed by atoms with van der Waals surface area (Å²) >= 11 is 0. The molecule has 1 aromatic heterocycles. The van der Waals surface area contributed by atoms with Crippen molar-refractivity contribution < 1.29 is 9.90 Å². The first-order valence-electron chi connectivity index (χ1n) is 11.8. The standard InChI is InChI=1S/C26H38N2O2/c1-3-5-7-9-11-12-14-21-18-22(16-17-24(21)26(29)30)25-20-27-23(19-28-25)15-13-10-8-6-4-2/h16-20H,3-15H2,1-2H3,(H,29,30)/p-1. The van der Waals surface area contributed by atoms with Gasteiger partial charge in [-0.3, -0.25) is 9.97 Å². The van der Waals surface area contributed by atoms with Gasteiger partial charge in [0.25, 0.3) is 0 Å². The lowest BCUT2D eigenvalue weighted by molar-refractivity contribution is -0.255. The van der Waals surface area contributed by atoms with E-state index in [0.717, 1.165) is 54.6 Å². The Bertz CT molecular complexity index is 756. The molecule has 0 fully saturated rings. The highest BCUT2D eigenvalue weighted by molar-refractivity contribution is 5.88. The van der Waals surface area contributed by atoms with Crippen LogP contribution in [0.4, 0.5) is 0 Å². The van der Waals surface area contributed by atoms with Crippen molar-refractivity contribution in [2.24, 2.45) is 0 Å². The van der Waals surface area contributed by atoms with Gasteiger partial charge in [-0.2, -0.15) is 0 Å². The van der Waals surface area contributed by atoms with E-state index in [1.807, 2.05) is 24.5 Å². The summed E-state index contributed by atoms with van der Waals surface area (Å²) in [6.07, 6.45) is 18.7. The molecule has 30 heavy (non-hydrogen) atoms. The number of hydrogen-bond donors (Lipinski definition) is 0. The van der Waals surface area contributed by atoms with Gasteiger partial charge in [0.15, 0.2) is 0 Å². The largest absolute Gasteiger partial charge is 0.545 e. The molecule has 0 saturated carbocycles. The van der Waals surface area contributed by atoms with Crippen molar-refractivity contribution in [2.45, 2.75) is 97.3 Å². The predicted molar refractivity (Wildman–Crippen MR) is 121 cm³/mol. The van der Waals surface area contributed by atoms with Crippen LogP contribution in [0.2, 0.25) is 0 Å². The molecule has 0 N–H and O–H groups in total. The van der Waals surface area contributed by atoms with Crippen molar-refractivity contribution in [1.29, 1.82) is 0 Å². The SMILES string of the molecule is CCCCCCCCc1cc(-c2cnc(CCCCCCC)cn2)ccc1C(=O)[O-]. The molecule has 1 aromatic carbocycles. The van der Waals surface area contributed by atoms with Crippen LogP contribution in [-0.4, -0.2) is 15.9 Å². The first-order chi connectivity index (χ1) is 14.7. The molecule has 0 atom stereocenters. The molecular formula is C26H37N2O2-. The average molecular weight is 410 g/mol. The Morgan fingerprint density at radius 3 is 2.03 bits per heavy atom. The minimum absolute atomic E-state index is 0.295. The minimum atomic E-state index is -1.10. The lowest BCUT2D eigenvalue weighted by atomic mass is 9.97. The van der Waals surface area contributed by atoms with E-state index in [-0.39, 0.29) is 0 Å². The number of carboxylic acid groups (broad SMARTS) is 1. The number of nitrogens with zero attached hydrogens (tertiary/aromatic N) is 2. The molecule has 0 saturated heterocycles. The Balaban J connectivity index is 1.98. The van der Waals surface area contributed by atoms with Crippen LogP contribution >= 0.6 is 0 Å². The quantitative estimate of drug-likeness (QED) is 0.342. The van der Waals surface area contributed by atoms with E-state index in [1.54, 1.807) is 6.07 Å². The number of carbonyl (C=O) groups excluding carboxylic acids is 1. The van der Waals surface area contributed by atoms with Gasteiger partial charge in [-0.05, 0) is 37.3 Å². The number of hydrogen-bond acceptors (Lipinski definition) is 4. The van der Waals surface area contributed by atoms with Crippen molar-refractivity contribution in [2.75, 3.05) is 0 Å². The van der Waals surface area contributed by atoms with Crippen LogP contribution in [0, 0.1) is 0 Å². The highest BCUT2D eigenvalue weighted by atomic mass is 16.4. The van der Waals surface area contributed by atoms with Gasteiger partial charge in [0.05, 0.1) is 23.6 Å². The van der Waals surface area contributed by atoms with Gasteiger partial charge >= 0.3 is 0 Å². The monoisotopic (exact) mass is 409 g/mol. The summed E-state index contributed by atoms with van der Waals surface area (Å²) in [6, 6.07) is 5.41. The molecule has 0 aliphatic rings. The van der Waals surface area contributed by atoms with Gasteiger partial charge in [0.1, 0.15) is 0 Å². The number of benzene rings is 1. The number of aryl methyl sites for hydroxylation is 2. The van der Waals surface area contributed by atoms with Crippen molar-refractivity contribution in [1.82, 2.24) is 9.97 Å². The molecule has 1 heterocycles. The second-order valence-electron chi connectivity index (χ2n) is 8.23. The van der Waals surface area contributed by atoms with Crippen LogP contribution in [0.15, 0.2) is 30.6 Å². The molecule has 164 valence electrons. The van der Waals surface area contributed by atoms with Crippen LogP contribution in [0.3, 0.4) is 0 Å². The maximum absolute atomic E-state index is 11.5. The normalized spacial score (nSPS) is 11.0. The molecule has 0 unspecified atom stereocenters. The van der Waals surface area contributed by atoms with E-state index in [1.165, 1.54) is 51.4 Å². The summed E-state index contributed by atoms with van der Waals surface area (Å²) in [5.74, 6) is -1.10. The fourth-order valence-corrected chi connectivity index (χ4v) is 3.80. The molecule has 0 amide bonds. The number of carbonyl (C=O) groups is 1. The van der Waals surface area contributed by atoms with E-state index >= 15 is 0 Å².